The average Bonchev–Trinajstić information content (AvgIpc) is 3.18. The van der Waals surface area contributed by atoms with Crippen molar-refractivity contribution in [3.05, 3.63) is 54.5 Å². The maximum atomic E-state index is 5.61. The molecule has 7 heteroatoms. The van der Waals surface area contributed by atoms with E-state index in [4.69, 9.17) is 10.7 Å². The Morgan fingerprint density at radius 1 is 1.08 bits per heavy atom. The summed E-state index contributed by atoms with van der Waals surface area (Å²) in [6, 6.07) is 12.5. The Bertz CT molecular complexity index is 822. The van der Waals surface area contributed by atoms with Crippen molar-refractivity contribution in [2.75, 3.05) is 18.0 Å². The van der Waals surface area contributed by atoms with Crippen LogP contribution in [0.5, 0.6) is 0 Å². The zero-order valence-electron chi connectivity index (χ0n) is 14.0. The Balaban J connectivity index is 1.46. The minimum atomic E-state index is 0.362. The fourth-order valence-corrected chi connectivity index (χ4v) is 3.19. The molecule has 1 aliphatic rings. The van der Waals surface area contributed by atoms with E-state index < -0.39 is 0 Å². The van der Waals surface area contributed by atoms with Gasteiger partial charge in [-0.3, -0.25) is 0 Å². The summed E-state index contributed by atoms with van der Waals surface area (Å²) in [7, 11) is 0. The van der Waals surface area contributed by atoms with Gasteiger partial charge in [0, 0.05) is 31.4 Å². The summed E-state index contributed by atoms with van der Waals surface area (Å²) in [4.78, 5) is 11.5. The number of benzene rings is 1. The first-order chi connectivity index (χ1) is 12.3. The van der Waals surface area contributed by atoms with Crippen LogP contribution in [0.3, 0.4) is 0 Å². The van der Waals surface area contributed by atoms with Crippen LogP contribution in [0, 0.1) is 0 Å². The second-order valence-electron chi connectivity index (χ2n) is 6.22. The molecule has 0 saturated carbocycles. The summed E-state index contributed by atoms with van der Waals surface area (Å²) in [5.74, 6) is 0.793. The van der Waals surface area contributed by atoms with Gasteiger partial charge in [-0.15, -0.1) is 5.10 Å². The van der Waals surface area contributed by atoms with Crippen LogP contribution in [0.15, 0.2) is 48.8 Å². The van der Waals surface area contributed by atoms with E-state index in [1.165, 1.54) is 0 Å². The predicted octanol–water partition coefficient (Wildman–Crippen LogP) is 2.04. The lowest BCUT2D eigenvalue weighted by atomic mass is 10.1. The molecule has 4 rings (SSSR count). The van der Waals surface area contributed by atoms with Crippen LogP contribution >= 0.6 is 0 Å². The molecule has 1 aliphatic heterocycles. The van der Waals surface area contributed by atoms with E-state index in [2.05, 4.69) is 32.3 Å². The van der Waals surface area contributed by atoms with Gasteiger partial charge in [-0.2, -0.15) is 0 Å². The molecule has 3 aromatic rings. The van der Waals surface area contributed by atoms with Gasteiger partial charge in [0.1, 0.15) is 0 Å². The van der Waals surface area contributed by atoms with Crippen molar-refractivity contribution in [2.24, 2.45) is 5.73 Å². The molecule has 1 saturated heterocycles. The van der Waals surface area contributed by atoms with Crippen LogP contribution < -0.4 is 10.6 Å². The first kappa shape index (κ1) is 15.7. The van der Waals surface area contributed by atoms with E-state index in [1.54, 1.807) is 0 Å². The van der Waals surface area contributed by atoms with E-state index >= 15 is 0 Å². The average molecular weight is 335 g/mol. The summed E-state index contributed by atoms with van der Waals surface area (Å²) in [5, 5.41) is 8.28. The topological polar surface area (TPSA) is 85.8 Å². The minimum absolute atomic E-state index is 0.362. The van der Waals surface area contributed by atoms with Crippen LogP contribution in [-0.2, 0) is 6.54 Å². The molecule has 0 spiro atoms. The van der Waals surface area contributed by atoms with Crippen molar-refractivity contribution < 1.29 is 0 Å². The summed E-state index contributed by atoms with van der Waals surface area (Å²) < 4.78 is 1.95. The predicted molar refractivity (Wildman–Crippen MR) is 95.9 cm³/mol. The van der Waals surface area contributed by atoms with Crippen LogP contribution in [-0.4, -0.2) is 38.1 Å². The molecular weight excluding hydrogens is 314 g/mol. The first-order valence-corrected chi connectivity index (χ1v) is 8.57. The molecule has 0 unspecified atom stereocenters. The third kappa shape index (κ3) is 3.36. The van der Waals surface area contributed by atoms with Crippen molar-refractivity contribution in [2.45, 2.75) is 25.4 Å². The Morgan fingerprint density at radius 2 is 1.88 bits per heavy atom. The summed E-state index contributed by atoms with van der Waals surface area (Å²) in [5.41, 5.74) is 8.51. The van der Waals surface area contributed by atoms with Crippen LogP contribution in [0.25, 0.3) is 11.3 Å². The van der Waals surface area contributed by atoms with Gasteiger partial charge in [0.05, 0.1) is 23.6 Å². The Labute approximate surface area is 146 Å². The third-order valence-electron chi connectivity index (χ3n) is 4.60. The third-order valence-corrected chi connectivity index (χ3v) is 4.60. The van der Waals surface area contributed by atoms with Gasteiger partial charge in [0.15, 0.2) is 0 Å². The zero-order valence-corrected chi connectivity index (χ0v) is 14.0. The van der Waals surface area contributed by atoms with E-state index in [9.17, 15) is 0 Å². The monoisotopic (exact) mass is 335 g/mol. The van der Waals surface area contributed by atoms with E-state index in [0.29, 0.717) is 12.6 Å². The standard InChI is InChI=1S/C18H21N7/c19-12-15-13-25(23-22-15)16-7-10-24(11-8-16)18-20-9-6-17(21-18)14-4-2-1-3-5-14/h1-6,9,13,16H,7-8,10-12,19H2. The highest BCUT2D eigenvalue weighted by molar-refractivity contribution is 5.59. The fourth-order valence-electron chi connectivity index (χ4n) is 3.19. The number of aromatic nitrogens is 5. The van der Waals surface area contributed by atoms with Crippen molar-refractivity contribution >= 4 is 5.95 Å². The molecule has 7 nitrogen and oxygen atoms in total. The molecule has 2 N–H and O–H groups in total. The minimum Gasteiger partial charge on any atom is -0.341 e. The first-order valence-electron chi connectivity index (χ1n) is 8.57. The van der Waals surface area contributed by atoms with Crippen molar-refractivity contribution in [1.29, 1.82) is 0 Å². The molecule has 128 valence electrons. The molecule has 1 aromatic carbocycles. The van der Waals surface area contributed by atoms with Crippen LogP contribution in [0.4, 0.5) is 5.95 Å². The molecule has 0 atom stereocenters. The van der Waals surface area contributed by atoms with Gasteiger partial charge in [0.25, 0.3) is 0 Å². The molecule has 3 heterocycles. The molecule has 0 amide bonds. The van der Waals surface area contributed by atoms with Gasteiger partial charge in [-0.05, 0) is 18.9 Å². The van der Waals surface area contributed by atoms with Gasteiger partial charge in [-0.25, -0.2) is 14.6 Å². The highest BCUT2D eigenvalue weighted by atomic mass is 15.4. The van der Waals surface area contributed by atoms with Gasteiger partial charge in [-0.1, -0.05) is 35.5 Å². The highest BCUT2D eigenvalue weighted by Gasteiger charge is 2.23. The number of rotatable bonds is 4. The molecule has 0 radical (unpaired) electrons. The molecular formula is C18H21N7. The lowest BCUT2D eigenvalue weighted by molar-refractivity contribution is 0.358. The molecule has 0 bridgehead atoms. The quantitative estimate of drug-likeness (QED) is 0.785. The SMILES string of the molecule is NCc1cn(C2CCN(c3nccc(-c4ccccc4)n3)CC2)nn1. The maximum absolute atomic E-state index is 5.61. The number of piperidine rings is 1. The zero-order chi connectivity index (χ0) is 17.1. The highest BCUT2D eigenvalue weighted by Crippen LogP contribution is 2.25. The summed E-state index contributed by atoms with van der Waals surface area (Å²) in [6.07, 6.45) is 5.77. The fraction of sp³-hybridized carbons (Fsp3) is 0.333. The number of hydrogen-bond acceptors (Lipinski definition) is 6. The number of nitrogens with two attached hydrogens (primary N) is 1. The second kappa shape index (κ2) is 6.98. The number of nitrogens with zero attached hydrogens (tertiary/aromatic N) is 6. The summed E-state index contributed by atoms with van der Waals surface area (Å²) in [6.45, 7) is 2.24. The smallest absolute Gasteiger partial charge is 0.225 e. The van der Waals surface area contributed by atoms with Gasteiger partial charge >= 0.3 is 0 Å². The Kier molecular flexibility index (Phi) is 4.39. The largest absolute Gasteiger partial charge is 0.341 e. The Hall–Kier alpha value is -2.80. The summed E-state index contributed by atoms with van der Waals surface area (Å²) >= 11 is 0. The van der Waals surface area contributed by atoms with Gasteiger partial charge < -0.3 is 10.6 Å². The maximum Gasteiger partial charge on any atom is 0.225 e. The molecule has 0 aliphatic carbocycles. The second-order valence-corrected chi connectivity index (χ2v) is 6.22. The lowest BCUT2D eigenvalue weighted by Gasteiger charge is -2.31. The normalized spacial score (nSPS) is 15.5. The lowest BCUT2D eigenvalue weighted by Crippen LogP contribution is -2.36. The van der Waals surface area contributed by atoms with E-state index in [0.717, 1.165) is 48.8 Å². The van der Waals surface area contributed by atoms with E-state index in [1.807, 2.05) is 41.3 Å². The van der Waals surface area contributed by atoms with Crippen LogP contribution in [0.2, 0.25) is 0 Å². The number of anilines is 1. The molecule has 2 aromatic heterocycles. The number of hydrogen-bond donors (Lipinski definition) is 1. The van der Waals surface area contributed by atoms with E-state index in [-0.39, 0.29) is 0 Å². The molecule has 1 fully saturated rings. The van der Waals surface area contributed by atoms with Crippen molar-refractivity contribution in [1.82, 2.24) is 25.0 Å². The molecule has 25 heavy (non-hydrogen) atoms. The van der Waals surface area contributed by atoms with Crippen molar-refractivity contribution in [3.8, 4) is 11.3 Å². The van der Waals surface area contributed by atoms with Gasteiger partial charge in [0.2, 0.25) is 5.95 Å². The van der Waals surface area contributed by atoms with Crippen molar-refractivity contribution in [3.63, 3.8) is 0 Å². The Morgan fingerprint density at radius 3 is 2.60 bits per heavy atom. The van der Waals surface area contributed by atoms with Crippen LogP contribution in [0.1, 0.15) is 24.6 Å².